The molecule has 0 N–H and O–H groups in total. The quantitative estimate of drug-likeness (QED) is 0.781. The van der Waals surface area contributed by atoms with Gasteiger partial charge in [-0.05, 0) is 12.1 Å². The molecule has 0 bridgehead atoms. The van der Waals surface area contributed by atoms with E-state index >= 15 is 0 Å². The highest BCUT2D eigenvalue weighted by molar-refractivity contribution is 6.17. The number of ether oxygens (including phenoxy) is 2. The number of hydrogen-bond acceptors (Lipinski definition) is 4. The molecule has 18 heavy (non-hydrogen) atoms. The molecule has 0 atom stereocenters. The van der Waals surface area contributed by atoms with E-state index in [0.29, 0.717) is 35.5 Å². The second kappa shape index (κ2) is 5.78. The van der Waals surface area contributed by atoms with Crippen LogP contribution in [0.25, 0.3) is 11.3 Å². The molecule has 1 aromatic heterocycles. The topological polar surface area (TPSA) is 44.5 Å². The summed E-state index contributed by atoms with van der Waals surface area (Å²) in [5.74, 6) is 3.03. The molecule has 2 rings (SSSR count). The lowest BCUT2D eigenvalue weighted by Gasteiger charge is -2.10. The van der Waals surface area contributed by atoms with E-state index in [0.717, 1.165) is 5.56 Å². The maximum atomic E-state index is 5.65. The standard InChI is InChI=1S/C13H14ClNO3/c1-16-10-5-3-4-9(13(10)17-2)11-8-15-12(18-11)6-7-14/h3-5,8H,6-7H2,1-2H3. The van der Waals surface area contributed by atoms with Gasteiger partial charge in [0, 0.05) is 12.3 Å². The Morgan fingerprint density at radius 1 is 1.28 bits per heavy atom. The third-order valence-corrected chi connectivity index (χ3v) is 2.72. The second-order valence-corrected chi connectivity index (χ2v) is 3.98. The zero-order valence-corrected chi connectivity index (χ0v) is 11.0. The first-order chi connectivity index (χ1) is 8.80. The van der Waals surface area contributed by atoms with Crippen molar-refractivity contribution >= 4 is 11.6 Å². The minimum atomic E-state index is 0.481. The fourth-order valence-corrected chi connectivity index (χ4v) is 1.87. The van der Waals surface area contributed by atoms with Gasteiger partial charge in [-0.2, -0.15) is 0 Å². The van der Waals surface area contributed by atoms with Crippen LogP contribution >= 0.6 is 11.6 Å². The van der Waals surface area contributed by atoms with Gasteiger partial charge in [0.05, 0.1) is 26.0 Å². The molecule has 0 unspecified atom stereocenters. The number of oxazole rings is 1. The Morgan fingerprint density at radius 3 is 2.78 bits per heavy atom. The van der Waals surface area contributed by atoms with Gasteiger partial charge in [0.1, 0.15) is 0 Å². The van der Waals surface area contributed by atoms with E-state index in [4.69, 9.17) is 25.5 Å². The van der Waals surface area contributed by atoms with Crippen molar-refractivity contribution in [1.82, 2.24) is 4.98 Å². The summed E-state index contributed by atoms with van der Waals surface area (Å²) < 4.78 is 16.2. The summed E-state index contributed by atoms with van der Waals surface area (Å²) >= 11 is 5.65. The highest BCUT2D eigenvalue weighted by Crippen LogP contribution is 2.37. The normalized spacial score (nSPS) is 10.4. The zero-order chi connectivity index (χ0) is 13.0. The van der Waals surface area contributed by atoms with E-state index in [1.807, 2.05) is 18.2 Å². The number of para-hydroxylation sites is 1. The van der Waals surface area contributed by atoms with Crippen molar-refractivity contribution in [2.24, 2.45) is 0 Å². The molecule has 0 aliphatic heterocycles. The zero-order valence-electron chi connectivity index (χ0n) is 10.3. The molecule has 0 saturated carbocycles. The van der Waals surface area contributed by atoms with Crippen LogP contribution in [0.2, 0.25) is 0 Å². The van der Waals surface area contributed by atoms with Gasteiger partial charge in [-0.3, -0.25) is 0 Å². The van der Waals surface area contributed by atoms with Crippen LogP contribution in [0.1, 0.15) is 5.89 Å². The maximum absolute atomic E-state index is 5.65. The summed E-state index contributed by atoms with van der Waals surface area (Å²) in [7, 11) is 3.19. The molecule has 0 aliphatic rings. The predicted octanol–water partition coefficient (Wildman–Crippen LogP) is 3.14. The Morgan fingerprint density at radius 2 is 2.11 bits per heavy atom. The fraction of sp³-hybridized carbons (Fsp3) is 0.308. The summed E-state index contributed by atoms with van der Waals surface area (Å²) in [6.07, 6.45) is 2.27. The number of aromatic nitrogens is 1. The summed E-state index contributed by atoms with van der Waals surface area (Å²) in [4.78, 5) is 4.17. The van der Waals surface area contributed by atoms with Crippen molar-refractivity contribution < 1.29 is 13.9 Å². The van der Waals surface area contributed by atoms with E-state index in [2.05, 4.69) is 4.98 Å². The van der Waals surface area contributed by atoms with Crippen molar-refractivity contribution in [3.63, 3.8) is 0 Å². The van der Waals surface area contributed by atoms with Gasteiger partial charge in [0.25, 0.3) is 0 Å². The Hall–Kier alpha value is -1.68. The monoisotopic (exact) mass is 267 g/mol. The first-order valence-electron chi connectivity index (χ1n) is 5.52. The van der Waals surface area contributed by atoms with E-state index in [9.17, 15) is 0 Å². The van der Waals surface area contributed by atoms with E-state index in [1.165, 1.54) is 0 Å². The summed E-state index contributed by atoms with van der Waals surface area (Å²) in [6.45, 7) is 0. The Balaban J connectivity index is 2.42. The van der Waals surface area contributed by atoms with Crippen molar-refractivity contribution in [1.29, 1.82) is 0 Å². The molecule has 2 aromatic rings. The number of aryl methyl sites for hydroxylation is 1. The number of alkyl halides is 1. The Labute approximate surface area is 110 Å². The van der Waals surface area contributed by atoms with Gasteiger partial charge in [-0.25, -0.2) is 4.98 Å². The Bertz CT molecular complexity index is 525. The van der Waals surface area contributed by atoms with E-state index < -0.39 is 0 Å². The lowest BCUT2D eigenvalue weighted by atomic mass is 10.1. The van der Waals surface area contributed by atoms with E-state index in [-0.39, 0.29) is 0 Å². The van der Waals surface area contributed by atoms with Gasteiger partial charge in [-0.1, -0.05) is 6.07 Å². The number of rotatable bonds is 5. The van der Waals surface area contributed by atoms with Crippen molar-refractivity contribution in [3.05, 3.63) is 30.3 Å². The van der Waals surface area contributed by atoms with Crippen LogP contribution in [0, 0.1) is 0 Å². The molecule has 1 aromatic carbocycles. The van der Waals surface area contributed by atoms with Crippen molar-refractivity contribution in [2.45, 2.75) is 6.42 Å². The predicted molar refractivity (Wildman–Crippen MR) is 69.5 cm³/mol. The first kappa shape index (κ1) is 12.8. The van der Waals surface area contributed by atoms with Crippen LogP contribution in [-0.2, 0) is 6.42 Å². The molecule has 1 heterocycles. The third kappa shape index (κ3) is 2.43. The molecule has 0 radical (unpaired) electrons. The lowest BCUT2D eigenvalue weighted by Crippen LogP contribution is -1.92. The van der Waals surface area contributed by atoms with E-state index in [1.54, 1.807) is 20.4 Å². The number of halogens is 1. The maximum Gasteiger partial charge on any atom is 0.196 e. The van der Waals surface area contributed by atoms with Gasteiger partial charge >= 0.3 is 0 Å². The molecule has 4 nitrogen and oxygen atoms in total. The molecule has 5 heteroatoms. The van der Waals surface area contributed by atoms with Crippen LogP contribution in [-0.4, -0.2) is 25.1 Å². The smallest absolute Gasteiger partial charge is 0.196 e. The average Bonchev–Trinajstić information content (AvgIpc) is 2.86. The Kier molecular flexibility index (Phi) is 4.10. The fourth-order valence-electron chi connectivity index (χ4n) is 1.71. The minimum Gasteiger partial charge on any atom is -0.493 e. The van der Waals surface area contributed by atoms with Crippen molar-refractivity contribution in [3.8, 4) is 22.8 Å². The van der Waals surface area contributed by atoms with Gasteiger partial charge < -0.3 is 13.9 Å². The number of methoxy groups -OCH3 is 2. The molecule has 0 spiro atoms. The highest BCUT2D eigenvalue weighted by Gasteiger charge is 2.15. The largest absolute Gasteiger partial charge is 0.493 e. The van der Waals surface area contributed by atoms with Crippen LogP contribution in [0.4, 0.5) is 0 Å². The molecule has 0 fully saturated rings. The number of nitrogens with zero attached hydrogens (tertiary/aromatic N) is 1. The highest BCUT2D eigenvalue weighted by atomic mass is 35.5. The van der Waals surface area contributed by atoms with Crippen molar-refractivity contribution in [2.75, 3.05) is 20.1 Å². The average molecular weight is 268 g/mol. The molecule has 0 saturated heterocycles. The molecular weight excluding hydrogens is 254 g/mol. The van der Waals surface area contributed by atoms with Crippen LogP contribution in [0.3, 0.4) is 0 Å². The molecule has 0 amide bonds. The molecule has 96 valence electrons. The lowest BCUT2D eigenvalue weighted by molar-refractivity contribution is 0.355. The molecule has 0 aliphatic carbocycles. The first-order valence-corrected chi connectivity index (χ1v) is 6.05. The summed E-state index contributed by atoms with van der Waals surface area (Å²) in [6, 6.07) is 5.60. The SMILES string of the molecule is COc1cccc(-c2cnc(CCCl)o2)c1OC. The summed E-state index contributed by atoms with van der Waals surface area (Å²) in [5.41, 5.74) is 0.810. The minimum absolute atomic E-state index is 0.481. The van der Waals surface area contributed by atoms with Gasteiger partial charge in [0.2, 0.25) is 0 Å². The summed E-state index contributed by atoms with van der Waals surface area (Å²) in [5, 5.41) is 0. The van der Waals surface area contributed by atoms with Gasteiger partial charge in [0.15, 0.2) is 23.1 Å². The number of hydrogen-bond donors (Lipinski definition) is 0. The van der Waals surface area contributed by atoms with Gasteiger partial charge in [-0.15, -0.1) is 11.6 Å². The number of benzene rings is 1. The van der Waals surface area contributed by atoms with Crippen LogP contribution in [0.15, 0.2) is 28.8 Å². The second-order valence-electron chi connectivity index (χ2n) is 3.60. The third-order valence-electron chi connectivity index (χ3n) is 2.53. The molecular formula is C13H14ClNO3. The van der Waals surface area contributed by atoms with Crippen LogP contribution < -0.4 is 9.47 Å². The van der Waals surface area contributed by atoms with Crippen LogP contribution in [0.5, 0.6) is 11.5 Å².